The molecule has 2 saturated carbocycles. The monoisotopic (exact) mass is 1140 g/mol. The van der Waals surface area contributed by atoms with Crippen molar-refractivity contribution in [3.63, 3.8) is 0 Å². The average Bonchev–Trinajstić information content (AvgIpc) is 1.37. The molecule has 1 heterocycles. The first-order valence-corrected chi connectivity index (χ1v) is 28.0. The SMILES string of the molecule is CCSc1cc(Oc2ccc(C(=O)O[C@@H](C(=O)O[C@H]3C[C@@]4(O)[C@@H](OC(=O)c5ccccc5)[C@@H]5[C@@](CO)(OC(C)=O)[C@H](C)C[C@H](O)[C@@]5(C)C(=O)[C@H](OC(C)=O)C(=C3C)C4(C)C)[C@@H](NC(=O)c3ccccc3)c3ccccc3)cc2)cc[n+]1C. The number of thioether (sulfide) groups is 1. The van der Waals surface area contributed by atoms with Gasteiger partial charge >= 0.3 is 29.8 Å². The molecule has 0 spiro atoms. The number of aromatic nitrogens is 1. The zero-order valence-electron chi connectivity index (χ0n) is 47.2. The second kappa shape index (κ2) is 24.4. The number of ether oxygens (including phenoxy) is 6. The lowest BCUT2D eigenvalue weighted by Gasteiger charge is -2.64. The van der Waals surface area contributed by atoms with Crippen LogP contribution in [0.4, 0.5) is 0 Å². The summed E-state index contributed by atoms with van der Waals surface area (Å²) in [6.07, 6.45) is -8.40. The van der Waals surface area contributed by atoms with E-state index in [-0.39, 0.29) is 34.3 Å². The van der Waals surface area contributed by atoms with Crippen molar-refractivity contribution >= 4 is 53.3 Å². The molecule has 0 aliphatic heterocycles. The number of aliphatic hydroxyl groups is 3. The highest BCUT2D eigenvalue weighted by Gasteiger charge is 2.75. The molecule has 8 rings (SSSR count). The Labute approximate surface area is 480 Å². The van der Waals surface area contributed by atoms with E-state index in [1.165, 1.54) is 52.0 Å². The van der Waals surface area contributed by atoms with E-state index in [9.17, 15) is 39.3 Å². The van der Waals surface area contributed by atoms with Crippen LogP contribution in [-0.2, 0) is 49.9 Å². The molecule has 3 aliphatic carbocycles. The standard InChI is InChI=1S/C63H68N2O16S/c1-10-82-48-33-45(30-31-65(48)9)77-44-28-26-43(27-29-44)57(72)79-52(50(40-20-14-11-15-21-40)64-56(71)41-22-16-12-17-23-41)59(74)78-46-34-63(75)55(80-58(73)42-24-18-13-19-25-42)53-61(8,47(69)32-36(2)62(53,35-66)81-39(5)68)54(70)51(76-38(4)67)49(37(46)3)60(63,6)7/h11-31,33,36,46-47,50-53,55,66,69,75H,10,32,34-35H2,1-9H3/p+1/t36-,46+,47+,50+,51-,52-,53+,55+,61-,62+,63-/m1/s1. The normalized spacial score (nSPS) is 26.3. The lowest BCUT2D eigenvalue weighted by molar-refractivity contribution is -0.708. The lowest BCUT2D eigenvalue weighted by Crippen LogP contribution is -2.77. The molecule has 0 saturated heterocycles. The summed E-state index contributed by atoms with van der Waals surface area (Å²) in [4.78, 5) is 102. The quantitative estimate of drug-likeness (QED) is 0.0230. The van der Waals surface area contributed by atoms with Gasteiger partial charge in [-0.05, 0) is 85.5 Å². The van der Waals surface area contributed by atoms with Crippen molar-refractivity contribution in [3.8, 4) is 11.5 Å². The summed E-state index contributed by atoms with van der Waals surface area (Å²) in [5.41, 5.74) is -8.38. The Bertz CT molecular complexity index is 3250. The average molecular weight is 1140 g/mol. The predicted molar refractivity (Wildman–Crippen MR) is 298 cm³/mol. The third kappa shape index (κ3) is 11.6. The number of aryl methyl sites for hydroxylation is 1. The van der Waals surface area contributed by atoms with Crippen LogP contribution in [0.3, 0.4) is 0 Å². The van der Waals surface area contributed by atoms with Gasteiger partial charge in [-0.3, -0.25) is 19.2 Å². The van der Waals surface area contributed by atoms with Gasteiger partial charge in [0.2, 0.25) is 11.1 Å². The van der Waals surface area contributed by atoms with Crippen molar-refractivity contribution in [1.29, 1.82) is 0 Å². The van der Waals surface area contributed by atoms with Crippen LogP contribution in [0.25, 0.3) is 0 Å². The van der Waals surface area contributed by atoms with Crippen molar-refractivity contribution in [2.24, 2.45) is 29.7 Å². The molecule has 1 aromatic heterocycles. The van der Waals surface area contributed by atoms with E-state index < -0.39 is 125 Å². The molecule has 82 heavy (non-hydrogen) atoms. The van der Waals surface area contributed by atoms with Crippen LogP contribution in [0.15, 0.2) is 150 Å². The summed E-state index contributed by atoms with van der Waals surface area (Å²) in [6, 6.07) is 32.2. The minimum absolute atomic E-state index is 0.00373. The third-order valence-corrected chi connectivity index (χ3v) is 17.5. The number of aliphatic hydroxyl groups excluding tert-OH is 2. The van der Waals surface area contributed by atoms with E-state index in [2.05, 4.69) is 5.32 Å². The van der Waals surface area contributed by atoms with Gasteiger partial charge in [0.25, 0.3) is 5.91 Å². The molecule has 5 aromatic rings. The number of amides is 1. The van der Waals surface area contributed by atoms with Crippen LogP contribution in [0.1, 0.15) is 111 Å². The van der Waals surface area contributed by atoms with Gasteiger partial charge in [0.15, 0.2) is 18.1 Å². The van der Waals surface area contributed by atoms with Crippen LogP contribution in [0, 0.1) is 22.7 Å². The molecule has 3 aliphatic rings. The Kier molecular flexibility index (Phi) is 18.0. The number of carbonyl (C=O) groups is 7. The lowest BCUT2D eigenvalue weighted by atomic mass is 9.44. The maximum atomic E-state index is 15.9. The molecule has 2 fully saturated rings. The molecule has 19 heteroatoms. The number of rotatable bonds is 17. The third-order valence-electron chi connectivity index (χ3n) is 16.6. The van der Waals surface area contributed by atoms with Crippen molar-refractivity contribution in [3.05, 3.63) is 167 Å². The van der Waals surface area contributed by atoms with Gasteiger partial charge in [0.05, 0.1) is 41.2 Å². The number of nitrogens with one attached hydrogen (secondary N) is 1. The van der Waals surface area contributed by atoms with E-state index >= 15 is 9.59 Å². The van der Waals surface area contributed by atoms with E-state index in [0.717, 1.165) is 24.6 Å². The molecule has 2 bridgehead atoms. The number of Topliss-reactive ketones (excluding diaryl/α,β-unsaturated/α-hetero) is 1. The Morgan fingerprint density at radius 1 is 0.780 bits per heavy atom. The van der Waals surface area contributed by atoms with Crippen LogP contribution in [-0.4, -0.2) is 111 Å². The van der Waals surface area contributed by atoms with E-state index in [1.54, 1.807) is 116 Å². The van der Waals surface area contributed by atoms with Crippen molar-refractivity contribution < 1.29 is 81.9 Å². The van der Waals surface area contributed by atoms with E-state index in [0.29, 0.717) is 17.1 Å². The van der Waals surface area contributed by atoms with Crippen LogP contribution in [0.5, 0.6) is 11.5 Å². The first-order valence-electron chi connectivity index (χ1n) is 27.0. The fourth-order valence-corrected chi connectivity index (χ4v) is 12.9. The zero-order chi connectivity index (χ0) is 59.5. The minimum atomic E-state index is -2.58. The smallest absolute Gasteiger partial charge is 0.350 e. The van der Waals surface area contributed by atoms with Crippen LogP contribution < -0.4 is 14.6 Å². The summed E-state index contributed by atoms with van der Waals surface area (Å²) in [7, 11) is 1.92. The zero-order valence-corrected chi connectivity index (χ0v) is 48.0. The highest BCUT2D eigenvalue weighted by atomic mass is 32.2. The first-order chi connectivity index (χ1) is 38.9. The van der Waals surface area contributed by atoms with Gasteiger partial charge in [0, 0.05) is 49.0 Å². The highest BCUT2D eigenvalue weighted by Crippen LogP contribution is 2.63. The maximum Gasteiger partial charge on any atom is 0.350 e. The Balaban J connectivity index is 1.28. The molecule has 1 amide bonds. The van der Waals surface area contributed by atoms with Crippen LogP contribution >= 0.6 is 11.8 Å². The number of hydrogen-bond donors (Lipinski definition) is 4. The first kappa shape index (κ1) is 60.4. The molecular weight excluding hydrogens is 1070 g/mol. The maximum absolute atomic E-state index is 15.9. The number of ketones is 1. The molecule has 4 aromatic carbocycles. The number of benzene rings is 4. The Hall–Kier alpha value is -7.71. The number of pyridine rings is 1. The molecule has 11 atom stereocenters. The van der Waals surface area contributed by atoms with Crippen molar-refractivity contribution in [1.82, 2.24) is 5.32 Å². The number of carbonyl (C=O) groups excluding carboxylic acids is 7. The fourth-order valence-electron chi connectivity index (χ4n) is 12.2. The predicted octanol–water partition coefficient (Wildman–Crippen LogP) is 7.56. The van der Waals surface area contributed by atoms with E-state index in [4.69, 9.17) is 28.4 Å². The summed E-state index contributed by atoms with van der Waals surface area (Å²) in [5, 5.41) is 42.0. The Morgan fingerprint density at radius 3 is 1.96 bits per heavy atom. The summed E-state index contributed by atoms with van der Waals surface area (Å²) >= 11 is 1.63. The van der Waals surface area contributed by atoms with Gasteiger partial charge in [-0.15, -0.1) is 0 Å². The second-order valence-corrected chi connectivity index (χ2v) is 23.1. The molecule has 432 valence electrons. The number of fused-ring (bicyclic) bond motifs is 3. The summed E-state index contributed by atoms with van der Waals surface area (Å²) in [6.45, 7) is 10.6. The fraction of sp³-hybridized carbons (Fsp3) is 0.397. The topological polar surface area (TPSA) is 251 Å². The highest BCUT2D eigenvalue weighted by molar-refractivity contribution is 7.99. The minimum Gasteiger partial charge on any atom is -0.457 e. The number of hydrogen-bond acceptors (Lipinski definition) is 17. The van der Waals surface area contributed by atoms with Crippen LogP contribution in [0.2, 0.25) is 0 Å². The van der Waals surface area contributed by atoms with Crippen molar-refractivity contribution in [2.75, 3.05) is 12.4 Å². The molecule has 0 radical (unpaired) electrons. The van der Waals surface area contributed by atoms with Gasteiger partial charge in [0.1, 0.15) is 48.0 Å². The van der Waals surface area contributed by atoms with Gasteiger partial charge in [-0.25, -0.2) is 14.4 Å². The molecule has 4 N–H and O–H groups in total. The summed E-state index contributed by atoms with van der Waals surface area (Å²) < 4.78 is 39.4. The number of nitrogens with zero attached hydrogens (tertiary/aromatic N) is 1. The van der Waals surface area contributed by atoms with Gasteiger partial charge < -0.3 is 49.1 Å². The Morgan fingerprint density at radius 2 is 1.38 bits per heavy atom. The van der Waals surface area contributed by atoms with Gasteiger partial charge in [-0.1, -0.05) is 106 Å². The van der Waals surface area contributed by atoms with Crippen molar-refractivity contribution in [2.45, 2.75) is 121 Å². The second-order valence-electron chi connectivity index (χ2n) is 21.9. The number of esters is 5. The van der Waals surface area contributed by atoms with E-state index in [1.807, 2.05) is 30.8 Å². The molecule has 0 unspecified atom stereocenters. The molecular formula is C63H69N2O16S+. The summed E-state index contributed by atoms with van der Waals surface area (Å²) in [5.74, 6) is -7.86. The largest absolute Gasteiger partial charge is 0.457 e. The molecule has 18 nitrogen and oxygen atoms in total. The van der Waals surface area contributed by atoms with Gasteiger partial charge in [-0.2, -0.15) is 4.57 Å².